The first-order chi connectivity index (χ1) is 14.2. The summed E-state index contributed by atoms with van der Waals surface area (Å²) in [5.41, 5.74) is 1.69. The molecule has 0 spiro atoms. The molecule has 4 rings (SSSR count). The molecule has 0 bridgehead atoms. The quantitative estimate of drug-likeness (QED) is 0.661. The fourth-order valence-corrected chi connectivity index (χ4v) is 3.31. The summed E-state index contributed by atoms with van der Waals surface area (Å²) in [4.78, 5) is 11.8. The Labute approximate surface area is 170 Å². The van der Waals surface area contributed by atoms with Crippen molar-refractivity contribution in [1.29, 1.82) is 0 Å². The highest BCUT2D eigenvalue weighted by Crippen LogP contribution is 2.29. The number of aromatic nitrogens is 2. The first kappa shape index (κ1) is 19.3. The number of ether oxygens (including phenoxy) is 3. The van der Waals surface area contributed by atoms with Gasteiger partial charge in [-0.2, -0.15) is 0 Å². The molecule has 1 N–H and O–H groups in total. The predicted octanol–water partition coefficient (Wildman–Crippen LogP) is 2.89. The van der Waals surface area contributed by atoms with Crippen LogP contribution in [0, 0.1) is 0 Å². The van der Waals surface area contributed by atoms with Crippen LogP contribution in [0.5, 0.6) is 17.4 Å². The minimum atomic E-state index is -0.211. The Bertz CT molecular complexity index is 960. The van der Waals surface area contributed by atoms with Crippen LogP contribution in [0.25, 0.3) is 11.0 Å². The minimum Gasteiger partial charge on any atom is -0.493 e. The highest BCUT2D eigenvalue weighted by molar-refractivity contribution is 5.77. The van der Waals surface area contributed by atoms with Gasteiger partial charge in [-0.15, -0.1) is 0 Å². The number of fused-ring (bicyclic) bond motifs is 1. The van der Waals surface area contributed by atoms with Crippen LogP contribution < -0.4 is 24.4 Å². The van der Waals surface area contributed by atoms with Crippen molar-refractivity contribution in [1.82, 2.24) is 15.3 Å². The fraction of sp³-hybridized carbons (Fsp3) is 0.364. The number of para-hydroxylation sites is 4. The summed E-state index contributed by atoms with van der Waals surface area (Å²) in [6.45, 7) is 5.91. The smallest absolute Gasteiger partial charge is 0.258 e. The van der Waals surface area contributed by atoms with Gasteiger partial charge in [-0.25, -0.2) is 9.97 Å². The summed E-state index contributed by atoms with van der Waals surface area (Å²) in [7, 11) is 1.63. The van der Waals surface area contributed by atoms with E-state index in [2.05, 4.69) is 10.2 Å². The van der Waals surface area contributed by atoms with Gasteiger partial charge in [0.2, 0.25) is 0 Å². The molecule has 0 radical (unpaired) electrons. The summed E-state index contributed by atoms with van der Waals surface area (Å²) in [5.74, 6) is 2.72. The molecule has 1 aliphatic rings. The largest absolute Gasteiger partial charge is 0.493 e. The Morgan fingerprint density at radius 3 is 2.34 bits per heavy atom. The van der Waals surface area contributed by atoms with Gasteiger partial charge in [0, 0.05) is 26.2 Å². The highest BCUT2D eigenvalue weighted by Gasteiger charge is 2.21. The van der Waals surface area contributed by atoms with E-state index >= 15 is 0 Å². The zero-order valence-corrected chi connectivity index (χ0v) is 16.8. The molecule has 0 amide bonds. The number of hydrogen-bond donors (Lipinski definition) is 1. The van der Waals surface area contributed by atoms with Crippen molar-refractivity contribution in [2.24, 2.45) is 0 Å². The number of nitrogens with zero attached hydrogens (tertiary/aromatic N) is 3. The van der Waals surface area contributed by atoms with E-state index in [1.807, 2.05) is 55.5 Å². The summed E-state index contributed by atoms with van der Waals surface area (Å²) >= 11 is 0. The number of rotatable bonds is 7. The van der Waals surface area contributed by atoms with Crippen LogP contribution in [-0.4, -0.2) is 56.0 Å². The highest BCUT2D eigenvalue weighted by atomic mass is 16.5. The molecule has 7 heteroatoms. The van der Waals surface area contributed by atoms with Gasteiger partial charge in [-0.1, -0.05) is 24.3 Å². The van der Waals surface area contributed by atoms with Crippen molar-refractivity contribution in [3.8, 4) is 17.4 Å². The number of benzene rings is 2. The maximum atomic E-state index is 6.20. The molecule has 1 atom stereocenters. The standard InChI is InChI=1S/C22H26N4O3/c1-16(15-28-20-10-6-5-9-19(20)27-2)29-22-21(26-13-11-23-12-14-26)24-17-7-3-4-8-18(17)25-22/h3-10,16,23H,11-15H2,1-2H3. The van der Waals surface area contributed by atoms with E-state index in [-0.39, 0.29) is 6.10 Å². The third-order valence-electron chi connectivity index (χ3n) is 4.79. The van der Waals surface area contributed by atoms with E-state index in [1.165, 1.54) is 0 Å². The molecule has 29 heavy (non-hydrogen) atoms. The lowest BCUT2D eigenvalue weighted by Gasteiger charge is -2.30. The van der Waals surface area contributed by atoms with Crippen LogP contribution in [0.15, 0.2) is 48.5 Å². The van der Waals surface area contributed by atoms with Crippen LogP contribution in [0.2, 0.25) is 0 Å². The molecule has 1 fully saturated rings. The topological polar surface area (TPSA) is 68.7 Å². The molecule has 2 aromatic carbocycles. The zero-order chi connectivity index (χ0) is 20.1. The van der Waals surface area contributed by atoms with Crippen LogP contribution in [0.4, 0.5) is 5.82 Å². The molecule has 1 saturated heterocycles. The van der Waals surface area contributed by atoms with Gasteiger partial charge < -0.3 is 24.4 Å². The van der Waals surface area contributed by atoms with Crippen LogP contribution in [-0.2, 0) is 0 Å². The first-order valence-electron chi connectivity index (χ1n) is 9.89. The van der Waals surface area contributed by atoms with Crippen molar-refractivity contribution in [3.05, 3.63) is 48.5 Å². The zero-order valence-electron chi connectivity index (χ0n) is 16.8. The van der Waals surface area contributed by atoms with Gasteiger partial charge >= 0.3 is 0 Å². The van der Waals surface area contributed by atoms with Crippen molar-refractivity contribution in [3.63, 3.8) is 0 Å². The van der Waals surface area contributed by atoms with Crippen LogP contribution in [0.3, 0.4) is 0 Å². The van der Waals surface area contributed by atoms with Crippen molar-refractivity contribution in [2.45, 2.75) is 13.0 Å². The molecule has 0 saturated carbocycles. The lowest BCUT2D eigenvalue weighted by Crippen LogP contribution is -2.44. The van der Waals surface area contributed by atoms with E-state index in [0.29, 0.717) is 24.0 Å². The van der Waals surface area contributed by atoms with Gasteiger partial charge in [-0.05, 0) is 31.2 Å². The maximum Gasteiger partial charge on any atom is 0.258 e. The summed E-state index contributed by atoms with van der Waals surface area (Å²) in [6, 6.07) is 15.4. The number of methoxy groups -OCH3 is 1. The Balaban J connectivity index is 1.53. The SMILES string of the molecule is COc1ccccc1OCC(C)Oc1nc2ccccc2nc1N1CCNCC1. The molecule has 0 aliphatic carbocycles. The molecular weight excluding hydrogens is 368 g/mol. The van der Waals surface area contributed by atoms with Crippen molar-refractivity contribution >= 4 is 16.9 Å². The monoisotopic (exact) mass is 394 g/mol. The Morgan fingerprint density at radius 2 is 1.62 bits per heavy atom. The number of anilines is 1. The summed E-state index contributed by atoms with van der Waals surface area (Å²) in [6.07, 6.45) is -0.211. The van der Waals surface area contributed by atoms with Crippen LogP contribution >= 0.6 is 0 Å². The van der Waals surface area contributed by atoms with Gasteiger partial charge in [-0.3, -0.25) is 0 Å². The van der Waals surface area contributed by atoms with E-state index in [9.17, 15) is 0 Å². The molecule has 3 aromatic rings. The Morgan fingerprint density at radius 1 is 0.966 bits per heavy atom. The lowest BCUT2D eigenvalue weighted by molar-refractivity contribution is 0.136. The maximum absolute atomic E-state index is 6.20. The van der Waals surface area contributed by atoms with E-state index in [1.54, 1.807) is 7.11 Å². The molecule has 1 aromatic heterocycles. The third kappa shape index (κ3) is 4.51. The second-order valence-electron chi connectivity index (χ2n) is 6.97. The Kier molecular flexibility index (Phi) is 5.95. The van der Waals surface area contributed by atoms with Gasteiger partial charge in [0.25, 0.3) is 5.88 Å². The normalized spacial score (nSPS) is 15.2. The van der Waals surface area contributed by atoms with E-state index < -0.39 is 0 Å². The fourth-order valence-electron chi connectivity index (χ4n) is 3.31. The number of nitrogens with one attached hydrogen (secondary N) is 1. The molecule has 7 nitrogen and oxygen atoms in total. The average Bonchev–Trinajstić information content (AvgIpc) is 2.78. The molecular formula is C22H26N4O3. The van der Waals surface area contributed by atoms with Crippen molar-refractivity contribution < 1.29 is 14.2 Å². The molecule has 1 aliphatic heterocycles. The minimum absolute atomic E-state index is 0.211. The lowest BCUT2D eigenvalue weighted by atomic mass is 10.3. The van der Waals surface area contributed by atoms with Gasteiger partial charge in [0.15, 0.2) is 17.3 Å². The predicted molar refractivity (Wildman–Crippen MR) is 113 cm³/mol. The number of piperazine rings is 1. The van der Waals surface area contributed by atoms with E-state index in [0.717, 1.165) is 43.0 Å². The first-order valence-corrected chi connectivity index (χ1v) is 9.89. The van der Waals surface area contributed by atoms with Gasteiger partial charge in [0.05, 0.1) is 18.1 Å². The molecule has 1 unspecified atom stereocenters. The third-order valence-corrected chi connectivity index (χ3v) is 4.79. The second-order valence-corrected chi connectivity index (χ2v) is 6.97. The molecule has 152 valence electrons. The Hall–Kier alpha value is -3.06. The summed E-state index contributed by atoms with van der Waals surface area (Å²) < 4.78 is 17.5. The van der Waals surface area contributed by atoms with Crippen LogP contribution in [0.1, 0.15) is 6.92 Å². The summed E-state index contributed by atoms with van der Waals surface area (Å²) in [5, 5.41) is 3.37. The average molecular weight is 394 g/mol. The van der Waals surface area contributed by atoms with Crippen molar-refractivity contribution in [2.75, 3.05) is 44.8 Å². The van der Waals surface area contributed by atoms with E-state index in [4.69, 9.17) is 24.2 Å². The van der Waals surface area contributed by atoms with Gasteiger partial charge in [0.1, 0.15) is 12.7 Å². The molecule has 2 heterocycles. The second kappa shape index (κ2) is 8.96. The number of hydrogen-bond acceptors (Lipinski definition) is 7.